The number of aryl methyl sites for hydroxylation is 1. The lowest BCUT2D eigenvalue weighted by molar-refractivity contribution is -0.152. The first kappa shape index (κ1) is 23.4. The number of hydrogen-bond acceptors (Lipinski definition) is 5. The number of aliphatic carboxylic acids is 1. The van der Waals surface area contributed by atoms with Crippen LogP contribution in [0, 0.1) is 0 Å². The van der Waals surface area contributed by atoms with E-state index in [0.29, 0.717) is 11.8 Å². The summed E-state index contributed by atoms with van der Waals surface area (Å²) in [5.41, 5.74) is 2.81. The lowest BCUT2D eigenvalue weighted by atomic mass is 10.1. The second-order valence-electron chi connectivity index (χ2n) is 8.85. The molecule has 6 nitrogen and oxygen atoms in total. The molecule has 0 fully saturated rings. The molecule has 4 aromatic rings. The van der Waals surface area contributed by atoms with Gasteiger partial charge in [0.25, 0.3) is 6.01 Å². The predicted molar refractivity (Wildman–Crippen MR) is 133 cm³/mol. The summed E-state index contributed by atoms with van der Waals surface area (Å²) < 4.78 is 11.7. The molecule has 176 valence electrons. The summed E-state index contributed by atoms with van der Waals surface area (Å²) in [6.45, 7) is 4.66. The van der Waals surface area contributed by atoms with Gasteiger partial charge in [-0.3, -0.25) is 0 Å². The minimum Gasteiger partial charge on any atom is -0.478 e. The maximum Gasteiger partial charge on any atom is 0.347 e. The molecule has 0 unspecified atom stereocenters. The molecule has 3 aromatic carbocycles. The number of rotatable bonds is 11. The third-order valence-corrected chi connectivity index (χ3v) is 5.77. The molecule has 1 aromatic heterocycles. The molecule has 0 aliphatic carbocycles. The minimum absolute atomic E-state index is 0.537. The number of anilines is 1. The second-order valence-corrected chi connectivity index (χ2v) is 8.85. The molecule has 0 atom stereocenters. The third kappa shape index (κ3) is 5.95. The summed E-state index contributed by atoms with van der Waals surface area (Å²) >= 11 is 0. The van der Waals surface area contributed by atoms with Gasteiger partial charge in [0.1, 0.15) is 11.3 Å². The maximum absolute atomic E-state index is 11.3. The average Bonchev–Trinajstić information content (AvgIpc) is 3.27. The van der Waals surface area contributed by atoms with E-state index in [0.717, 1.165) is 49.0 Å². The van der Waals surface area contributed by atoms with Crippen molar-refractivity contribution in [2.45, 2.75) is 38.7 Å². The number of carboxylic acid groups (broad SMARTS) is 1. The highest BCUT2D eigenvalue weighted by molar-refractivity contribution is 5.76. The monoisotopic (exact) mass is 458 g/mol. The van der Waals surface area contributed by atoms with Crippen molar-refractivity contribution in [2.75, 3.05) is 18.0 Å². The molecule has 6 heteroatoms. The normalized spacial score (nSPS) is 11.5. The number of carbonyl (C=O) groups is 1. The summed E-state index contributed by atoms with van der Waals surface area (Å²) in [4.78, 5) is 18.2. The number of carboxylic acids is 1. The van der Waals surface area contributed by atoms with Gasteiger partial charge in [-0.05, 0) is 68.5 Å². The molecule has 0 bridgehead atoms. The van der Waals surface area contributed by atoms with Crippen molar-refractivity contribution < 1.29 is 19.1 Å². The van der Waals surface area contributed by atoms with Gasteiger partial charge in [0, 0.05) is 13.1 Å². The number of fused-ring (bicyclic) bond motifs is 1. The van der Waals surface area contributed by atoms with Gasteiger partial charge in [-0.1, -0.05) is 54.6 Å². The first-order chi connectivity index (χ1) is 16.4. The van der Waals surface area contributed by atoms with Gasteiger partial charge in [0.2, 0.25) is 0 Å². The van der Waals surface area contributed by atoms with Crippen LogP contribution in [-0.4, -0.2) is 34.8 Å². The van der Waals surface area contributed by atoms with Crippen LogP contribution in [0.15, 0.2) is 83.3 Å². The predicted octanol–water partition coefficient (Wildman–Crippen LogP) is 5.75. The second kappa shape index (κ2) is 10.4. The highest BCUT2D eigenvalue weighted by Crippen LogP contribution is 2.23. The van der Waals surface area contributed by atoms with E-state index < -0.39 is 11.6 Å². The molecule has 0 aliphatic rings. The van der Waals surface area contributed by atoms with Crippen molar-refractivity contribution in [1.29, 1.82) is 0 Å². The van der Waals surface area contributed by atoms with Crippen molar-refractivity contribution in [2.24, 2.45) is 0 Å². The quantitative estimate of drug-likeness (QED) is 0.308. The SMILES string of the molecule is CC(C)(Oc1ccc(CCN(CCCc2ccccc2)c2nc3ccccc3o2)cc1)C(=O)O. The van der Waals surface area contributed by atoms with Crippen molar-refractivity contribution in [1.82, 2.24) is 4.98 Å². The Morgan fingerprint density at radius 2 is 1.59 bits per heavy atom. The van der Waals surface area contributed by atoms with E-state index >= 15 is 0 Å². The van der Waals surface area contributed by atoms with Crippen LogP contribution < -0.4 is 9.64 Å². The molecule has 34 heavy (non-hydrogen) atoms. The molecule has 4 rings (SSSR count). The van der Waals surface area contributed by atoms with Crippen LogP contribution in [0.4, 0.5) is 6.01 Å². The Balaban J connectivity index is 1.43. The molecule has 0 saturated heterocycles. The molecule has 0 aliphatic heterocycles. The summed E-state index contributed by atoms with van der Waals surface area (Å²) in [7, 11) is 0. The third-order valence-electron chi connectivity index (χ3n) is 5.77. The van der Waals surface area contributed by atoms with Crippen LogP contribution in [0.1, 0.15) is 31.4 Å². The van der Waals surface area contributed by atoms with E-state index in [1.54, 1.807) is 0 Å². The number of benzene rings is 3. The van der Waals surface area contributed by atoms with Gasteiger partial charge in [0.15, 0.2) is 11.2 Å². The van der Waals surface area contributed by atoms with Crippen molar-refractivity contribution >= 4 is 23.1 Å². The number of ether oxygens (including phenoxy) is 1. The Hall–Kier alpha value is -3.80. The first-order valence-electron chi connectivity index (χ1n) is 11.6. The van der Waals surface area contributed by atoms with Gasteiger partial charge in [0.05, 0.1) is 0 Å². The standard InChI is InChI=1S/C28H30N2O4/c1-28(2,26(31)32)34-23-16-14-22(15-17-23)18-20-30(19-8-11-21-9-4-3-5-10-21)27-29-24-12-6-7-13-25(24)33-27/h3-7,9-10,12-17H,8,11,18-20H2,1-2H3,(H,31,32). The van der Waals surface area contributed by atoms with Gasteiger partial charge < -0.3 is 19.2 Å². The molecule has 0 amide bonds. The topological polar surface area (TPSA) is 75.8 Å². The zero-order chi connectivity index (χ0) is 24.0. The first-order valence-corrected chi connectivity index (χ1v) is 11.6. The molecular formula is C28H30N2O4. The Morgan fingerprint density at radius 3 is 2.29 bits per heavy atom. The fourth-order valence-corrected chi connectivity index (χ4v) is 3.74. The van der Waals surface area contributed by atoms with E-state index in [2.05, 4.69) is 29.2 Å². The number of hydrogen-bond donors (Lipinski definition) is 1. The van der Waals surface area contributed by atoms with Crippen LogP contribution in [-0.2, 0) is 17.6 Å². The largest absolute Gasteiger partial charge is 0.478 e. The van der Waals surface area contributed by atoms with Crippen LogP contribution in [0.5, 0.6) is 5.75 Å². The van der Waals surface area contributed by atoms with E-state index in [1.165, 1.54) is 19.4 Å². The average molecular weight is 459 g/mol. The van der Waals surface area contributed by atoms with Gasteiger partial charge in [-0.2, -0.15) is 4.98 Å². The number of nitrogens with zero attached hydrogens (tertiary/aromatic N) is 2. The summed E-state index contributed by atoms with van der Waals surface area (Å²) in [5, 5.41) is 9.26. The number of oxazole rings is 1. The molecule has 0 saturated carbocycles. The molecule has 1 heterocycles. The zero-order valence-electron chi connectivity index (χ0n) is 19.6. The van der Waals surface area contributed by atoms with Crippen LogP contribution in [0.3, 0.4) is 0 Å². The highest BCUT2D eigenvalue weighted by Gasteiger charge is 2.29. The molecule has 1 N–H and O–H groups in total. The van der Waals surface area contributed by atoms with Crippen molar-refractivity contribution in [3.63, 3.8) is 0 Å². The lowest BCUT2D eigenvalue weighted by Gasteiger charge is -2.22. The smallest absolute Gasteiger partial charge is 0.347 e. The number of aromatic nitrogens is 1. The van der Waals surface area contributed by atoms with Crippen molar-refractivity contribution in [3.05, 3.63) is 90.0 Å². The highest BCUT2D eigenvalue weighted by atomic mass is 16.5. The Kier molecular flexibility index (Phi) is 7.16. The van der Waals surface area contributed by atoms with Crippen LogP contribution in [0.2, 0.25) is 0 Å². The van der Waals surface area contributed by atoms with E-state index in [4.69, 9.17) is 14.1 Å². The fraction of sp³-hybridized carbons (Fsp3) is 0.286. The summed E-state index contributed by atoms with van der Waals surface area (Å²) in [6, 6.07) is 26.5. The minimum atomic E-state index is -1.27. The molecule has 0 radical (unpaired) electrons. The summed E-state index contributed by atoms with van der Waals surface area (Å²) in [6.07, 6.45) is 2.77. The summed E-state index contributed by atoms with van der Waals surface area (Å²) in [5.74, 6) is -0.462. The lowest BCUT2D eigenvalue weighted by Crippen LogP contribution is -2.37. The van der Waals surface area contributed by atoms with Crippen LogP contribution in [0.25, 0.3) is 11.1 Å². The number of para-hydroxylation sites is 2. The van der Waals surface area contributed by atoms with Crippen molar-refractivity contribution in [3.8, 4) is 5.75 Å². The van der Waals surface area contributed by atoms with E-state index in [1.807, 2.05) is 54.6 Å². The van der Waals surface area contributed by atoms with Crippen LogP contribution >= 0.6 is 0 Å². The Morgan fingerprint density at radius 1 is 0.912 bits per heavy atom. The molecule has 0 spiro atoms. The Bertz CT molecular complexity index is 1180. The zero-order valence-corrected chi connectivity index (χ0v) is 19.6. The fourth-order valence-electron chi connectivity index (χ4n) is 3.74. The van der Waals surface area contributed by atoms with E-state index in [-0.39, 0.29) is 0 Å². The Labute approximate surface area is 199 Å². The maximum atomic E-state index is 11.3. The van der Waals surface area contributed by atoms with E-state index in [9.17, 15) is 9.90 Å². The van der Waals surface area contributed by atoms with Gasteiger partial charge in [-0.25, -0.2) is 4.79 Å². The van der Waals surface area contributed by atoms with Gasteiger partial charge in [-0.15, -0.1) is 0 Å². The van der Waals surface area contributed by atoms with Gasteiger partial charge >= 0.3 is 5.97 Å². The molecular weight excluding hydrogens is 428 g/mol.